The zero-order valence-corrected chi connectivity index (χ0v) is 12.1. The fourth-order valence-electron chi connectivity index (χ4n) is 1.87. The number of thioether (sulfide) groups is 1. The van der Waals surface area contributed by atoms with Crippen LogP contribution in [0.3, 0.4) is 0 Å². The third kappa shape index (κ3) is 3.95. The van der Waals surface area contributed by atoms with Gasteiger partial charge in [0.1, 0.15) is 0 Å². The number of nitrogens with one attached hydrogen (secondary N) is 1. The van der Waals surface area contributed by atoms with Crippen molar-refractivity contribution in [2.45, 2.75) is 42.8 Å². The Bertz CT molecular complexity index is 492. The first kappa shape index (κ1) is 14.8. The number of hydrogen-bond acceptors (Lipinski definition) is 6. The molecule has 1 aromatic heterocycles. The summed E-state index contributed by atoms with van der Waals surface area (Å²) in [4.78, 5) is 11.8. The van der Waals surface area contributed by atoms with Crippen LogP contribution in [0.25, 0.3) is 0 Å². The molecule has 2 rings (SSSR count). The van der Waals surface area contributed by atoms with Gasteiger partial charge < -0.3 is 10.1 Å². The van der Waals surface area contributed by atoms with E-state index in [0.29, 0.717) is 11.7 Å². The predicted molar refractivity (Wildman–Crippen MR) is 74.0 cm³/mol. The second kappa shape index (κ2) is 7.26. The summed E-state index contributed by atoms with van der Waals surface area (Å²) in [5.41, 5.74) is 0. The number of aromatic nitrogens is 4. The van der Waals surface area contributed by atoms with Gasteiger partial charge in [0, 0.05) is 6.61 Å². The largest absolute Gasteiger partial charge is 0.376 e. The third-order valence-corrected chi connectivity index (χ3v) is 3.99. The second-order valence-corrected chi connectivity index (χ2v) is 5.77. The van der Waals surface area contributed by atoms with Gasteiger partial charge in [-0.2, -0.15) is 0 Å². The molecular weight excluding hydrogens is 278 g/mol. The van der Waals surface area contributed by atoms with Crippen LogP contribution in [0.2, 0.25) is 0 Å². The Hall–Kier alpha value is -1.59. The van der Waals surface area contributed by atoms with Crippen LogP contribution in [0.5, 0.6) is 0 Å². The maximum absolute atomic E-state index is 11.8. The summed E-state index contributed by atoms with van der Waals surface area (Å²) in [7, 11) is 0. The average Bonchev–Trinajstić information content (AvgIpc) is 3.09. The highest BCUT2D eigenvalue weighted by molar-refractivity contribution is 8.00. The van der Waals surface area contributed by atoms with Crippen molar-refractivity contribution in [2.75, 3.05) is 13.2 Å². The van der Waals surface area contributed by atoms with E-state index in [0.717, 1.165) is 19.4 Å². The highest BCUT2D eigenvalue weighted by Gasteiger charge is 2.21. The number of terminal acetylenes is 1. The van der Waals surface area contributed by atoms with Crippen LogP contribution in [0.15, 0.2) is 5.16 Å². The van der Waals surface area contributed by atoms with Gasteiger partial charge in [0.2, 0.25) is 11.1 Å². The van der Waals surface area contributed by atoms with Crippen LogP contribution in [0.4, 0.5) is 0 Å². The second-order valence-electron chi connectivity index (χ2n) is 4.46. The highest BCUT2D eigenvalue weighted by atomic mass is 32.2. The van der Waals surface area contributed by atoms with E-state index in [4.69, 9.17) is 11.2 Å². The van der Waals surface area contributed by atoms with Crippen molar-refractivity contribution in [3.8, 4) is 12.3 Å². The molecule has 0 aliphatic carbocycles. The van der Waals surface area contributed by atoms with Crippen LogP contribution in [0.1, 0.15) is 19.8 Å². The Morgan fingerprint density at radius 1 is 1.75 bits per heavy atom. The lowest BCUT2D eigenvalue weighted by Crippen LogP contribution is -2.31. The molecule has 2 unspecified atom stereocenters. The fraction of sp³-hybridized carbons (Fsp3) is 0.667. The zero-order chi connectivity index (χ0) is 14.4. The Labute approximate surface area is 121 Å². The van der Waals surface area contributed by atoms with E-state index in [1.807, 2.05) is 0 Å². The molecule has 0 bridgehead atoms. The van der Waals surface area contributed by atoms with Gasteiger partial charge in [-0.25, -0.2) is 4.68 Å². The molecule has 1 aliphatic heterocycles. The molecule has 20 heavy (non-hydrogen) atoms. The standard InChI is InChI=1S/C12H17N5O2S/c1-3-6-13-11(18)9(2)20-12-14-15-16-17(12)8-10-5-4-7-19-10/h1,9-10H,4-8H2,2H3,(H,13,18). The van der Waals surface area contributed by atoms with Crippen LogP contribution in [-0.2, 0) is 16.1 Å². The molecule has 1 fully saturated rings. The van der Waals surface area contributed by atoms with E-state index in [1.165, 1.54) is 11.8 Å². The molecule has 0 radical (unpaired) electrons. The van der Waals surface area contributed by atoms with Gasteiger partial charge >= 0.3 is 0 Å². The molecule has 0 spiro atoms. The first-order valence-electron chi connectivity index (χ1n) is 6.46. The Kier molecular flexibility index (Phi) is 5.38. The minimum absolute atomic E-state index is 0.125. The fourth-order valence-corrected chi connectivity index (χ4v) is 2.69. The molecule has 2 atom stereocenters. The summed E-state index contributed by atoms with van der Waals surface area (Å²) in [5, 5.41) is 14.5. The van der Waals surface area contributed by atoms with Gasteiger partial charge in [-0.3, -0.25) is 4.79 Å². The van der Waals surface area contributed by atoms with Crippen molar-refractivity contribution >= 4 is 17.7 Å². The molecule has 7 nitrogen and oxygen atoms in total. The van der Waals surface area contributed by atoms with Crippen LogP contribution >= 0.6 is 11.8 Å². The maximum atomic E-state index is 11.8. The van der Waals surface area contributed by atoms with Crippen molar-refractivity contribution in [1.29, 1.82) is 0 Å². The summed E-state index contributed by atoms with van der Waals surface area (Å²) in [6, 6.07) is 0. The van der Waals surface area contributed by atoms with Gasteiger partial charge in [-0.05, 0) is 30.2 Å². The maximum Gasteiger partial charge on any atom is 0.234 e. The minimum Gasteiger partial charge on any atom is -0.376 e. The molecule has 1 amide bonds. The van der Waals surface area contributed by atoms with Gasteiger partial charge in [-0.1, -0.05) is 17.7 Å². The number of nitrogens with zero attached hydrogens (tertiary/aromatic N) is 4. The molecule has 1 saturated heterocycles. The SMILES string of the molecule is C#CCNC(=O)C(C)Sc1nnnn1CC1CCCO1. The van der Waals surface area contributed by atoms with E-state index in [2.05, 4.69) is 26.8 Å². The number of carbonyl (C=O) groups is 1. The lowest BCUT2D eigenvalue weighted by molar-refractivity contribution is -0.120. The number of ether oxygens (including phenoxy) is 1. The van der Waals surface area contributed by atoms with Crippen molar-refractivity contribution in [3.63, 3.8) is 0 Å². The molecular formula is C12H17N5O2S. The van der Waals surface area contributed by atoms with Crippen LogP contribution < -0.4 is 5.32 Å². The van der Waals surface area contributed by atoms with Gasteiger partial charge in [0.25, 0.3) is 0 Å². The van der Waals surface area contributed by atoms with Crippen LogP contribution in [0, 0.1) is 12.3 Å². The third-order valence-electron chi connectivity index (χ3n) is 2.92. The molecule has 0 saturated carbocycles. The van der Waals surface area contributed by atoms with E-state index in [1.54, 1.807) is 11.6 Å². The van der Waals surface area contributed by atoms with Crippen molar-refractivity contribution in [1.82, 2.24) is 25.5 Å². The molecule has 2 heterocycles. The van der Waals surface area contributed by atoms with Gasteiger partial charge in [-0.15, -0.1) is 11.5 Å². The Balaban J connectivity index is 1.90. The molecule has 1 aromatic rings. The van der Waals surface area contributed by atoms with Crippen LogP contribution in [-0.4, -0.2) is 50.6 Å². The number of hydrogen-bond donors (Lipinski definition) is 1. The van der Waals surface area contributed by atoms with Gasteiger partial charge in [0.05, 0.1) is 24.4 Å². The lowest BCUT2D eigenvalue weighted by atomic mass is 10.2. The summed E-state index contributed by atoms with van der Waals surface area (Å²) in [6.07, 6.45) is 7.35. The summed E-state index contributed by atoms with van der Waals surface area (Å²) in [5.74, 6) is 2.24. The van der Waals surface area contributed by atoms with Crippen molar-refractivity contribution in [3.05, 3.63) is 0 Å². The van der Waals surface area contributed by atoms with E-state index in [-0.39, 0.29) is 23.8 Å². The Morgan fingerprint density at radius 2 is 2.60 bits per heavy atom. The monoisotopic (exact) mass is 295 g/mol. The molecule has 8 heteroatoms. The first-order chi connectivity index (χ1) is 9.70. The van der Waals surface area contributed by atoms with E-state index in [9.17, 15) is 4.79 Å². The van der Waals surface area contributed by atoms with Crippen molar-refractivity contribution in [2.24, 2.45) is 0 Å². The zero-order valence-electron chi connectivity index (χ0n) is 11.3. The average molecular weight is 295 g/mol. The van der Waals surface area contributed by atoms with E-state index < -0.39 is 0 Å². The lowest BCUT2D eigenvalue weighted by Gasteiger charge is -2.12. The number of rotatable bonds is 6. The normalized spacial score (nSPS) is 19.5. The summed E-state index contributed by atoms with van der Waals surface area (Å²) >= 11 is 1.31. The number of amides is 1. The quantitative estimate of drug-likeness (QED) is 0.591. The van der Waals surface area contributed by atoms with Gasteiger partial charge in [0.15, 0.2) is 0 Å². The summed E-state index contributed by atoms with van der Waals surface area (Å²) < 4.78 is 7.25. The predicted octanol–water partition coefficient (Wildman–Crippen LogP) is 0.0821. The molecule has 1 N–H and O–H groups in total. The molecule has 108 valence electrons. The smallest absolute Gasteiger partial charge is 0.234 e. The summed E-state index contributed by atoms with van der Waals surface area (Å²) in [6.45, 7) is 3.43. The Morgan fingerprint density at radius 3 is 3.30 bits per heavy atom. The van der Waals surface area contributed by atoms with Crippen molar-refractivity contribution < 1.29 is 9.53 Å². The number of tetrazole rings is 1. The minimum atomic E-state index is -0.308. The first-order valence-corrected chi connectivity index (χ1v) is 7.34. The highest BCUT2D eigenvalue weighted by Crippen LogP contribution is 2.22. The topological polar surface area (TPSA) is 81.9 Å². The van der Waals surface area contributed by atoms with E-state index >= 15 is 0 Å². The molecule has 0 aromatic carbocycles. The number of carbonyl (C=O) groups excluding carboxylic acids is 1. The molecule has 1 aliphatic rings.